The monoisotopic (exact) mass is 200 g/mol. The van der Waals surface area contributed by atoms with Crippen molar-refractivity contribution in [3.05, 3.63) is 18.5 Å². The molecule has 0 bridgehead atoms. The van der Waals surface area contributed by atoms with E-state index in [1.165, 1.54) is 6.20 Å². The van der Waals surface area contributed by atoms with Crippen molar-refractivity contribution in [1.29, 1.82) is 0 Å². The minimum Gasteiger partial charge on any atom is -0.506 e. The summed E-state index contributed by atoms with van der Waals surface area (Å²) in [6.07, 6.45) is 3.10. The Hall–Kier alpha value is -1.42. The van der Waals surface area contributed by atoms with E-state index < -0.39 is 0 Å². The van der Waals surface area contributed by atoms with Gasteiger partial charge in [0.15, 0.2) is 0 Å². The summed E-state index contributed by atoms with van der Waals surface area (Å²) < 4.78 is 4.99. The van der Waals surface area contributed by atoms with Crippen molar-refractivity contribution in [1.82, 2.24) is 9.97 Å². The number of aromatic hydroxyl groups is 1. The number of pyridine rings is 1. The van der Waals surface area contributed by atoms with Gasteiger partial charge in [-0.1, -0.05) is 0 Å². The minimum absolute atomic E-state index is 0. The van der Waals surface area contributed by atoms with Gasteiger partial charge in [-0.2, -0.15) is 0 Å². The van der Waals surface area contributed by atoms with Gasteiger partial charge in [-0.15, -0.1) is 12.4 Å². The number of hydrogen-bond acceptors (Lipinski definition) is 3. The molecule has 0 saturated heterocycles. The molecule has 0 aromatic carbocycles. The molecule has 0 aliphatic rings. The maximum absolute atomic E-state index is 9.34. The zero-order chi connectivity index (χ0) is 8.55. The van der Waals surface area contributed by atoms with Gasteiger partial charge in [0, 0.05) is 11.6 Å². The Morgan fingerprint density at radius 3 is 3.00 bits per heavy atom. The Labute approximate surface area is 81.0 Å². The van der Waals surface area contributed by atoms with E-state index in [4.69, 9.17) is 4.74 Å². The van der Waals surface area contributed by atoms with Crippen LogP contribution < -0.4 is 4.74 Å². The van der Waals surface area contributed by atoms with Crippen molar-refractivity contribution in [3.63, 3.8) is 0 Å². The molecule has 2 N–H and O–H groups in total. The van der Waals surface area contributed by atoms with Crippen LogP contribution in [0.15, 0.2) is 18.5 Å². The van der Waals surface area contributed by atoms with Crippen LogP contribution in [-0.2, 0) is 0 Å². The number of nitrogens with one attached hydrogen (secondary N) is 1. The van der Waals surface area contributed by atoms with E-state index in [1.807, 2.05) is 0 Å². The molecule has 2 rings (SSSR count). The second-order valence-electron chi connectivity index (χ2n) is 2.42. The summed E-state index contributed by atoms with van der Waals surface area (Å²) in [6.45, 7) is 0. The number of aromatic nitrogens is 2. The Kier molecular flexibility index (Phi) is 2.63. The Morgan fingerprint density at radius 2 is 2.31 bits per heavy atom. The normalized spacial score (nSPS) is 9.62. The van der Waals surface area contributed by atoms with Gasteiger partial charge in [-0.3, -0.25) is 0 Å². The van der Waals surface area contributed by atoms with Crippen LogP contribution in [0.2, 0.25) is 0 Å². The number of H-pyrrole nitrogens is 1. The maximum atomic E-state index is 9.34. The second-order valence-corrected chi connectivity index (χ2v) is 2.42. The smallest absolute Gasteiger partial charge is 0.238 e. The van der Waals surface area contributed by atoms with Gasteiger partial charge in [-0.05, 0) is 6.07 Å². The van der Waals surface area contributed by atoms with E-state index in [9.17, 15) is 5.11 Å². The molecular formula is C8H9ClN2O2. The van der Waals surface area contributed by atoms with Crippen LogP contribution >= 0.6 is 12.4 Å². The van der Waals surface area contributed by atoms with Crippen LogP contribution in [-0.4, -0.2) is 22.2 Å². The molecule has 70 valence electrons. The number of methoxy groups -OCH3 is 1. The third-order valence-corrected chi connectivity index (χ3v) is 1.73. The average Bonchev–Trinajstić information content (AvgIpc) is 2.54. The number of ether oxygens (including phenoxy) is 1. The van der Waals surface area contributed by atoms with Gasteiger partial charge < -0.3 is 14.8 Å². The molecule has 0 radical (unpaired) electrons. The highest BCUT2D eigenvalue weighted by atomic mass is 35.5. The van der Waals surface area contributed by atoms with Crippen molar-refractivity contribution in [2.24, 2.45) is 0 Å². The quantitative estimate of drug-likeness (QED) is 0.737. The number of rotatable bonds is 1. The summed E-state index contributed by atoms with van der Waals surface area (Å²) in [5, 5.41) is 10.1. The van der Waals surface area contributed by atoms with Gasteiger partial charge in [0.1, 0.15) is 11.3 Å². The Balaban J connectivity index is 0.000000845. The van der Waals surface area contributed by atoms with Crippen LogP contribution in [0.1, 0.15) is 0 Å². The number of aromatic amines is 1. The van der Waals surface area contributed by atoms with Gasteiger partial charge >= 0.3 is 0 Å². The molecule has 13 heavy (non-hydrogen) atoms. The molecule has 0 saturated carbocycles. The van der Waals surface area contributed by atoms with Crippen LogP contribution in [0.25, 0.3) is 10.9 Å². The predicted molar refractivity (Wildman–Crippen MR) is 51.6 cm³/mol. The minimum atomic E-state index is 0. The first-order valence-electron chi connectivity index (χ1n) is 3.52. The van der Waals surface area contributed by atoms with Crippen molar-refractivity contribution >= 4 is 23.3 Å². The summed E-state index contributed by atoms with van der Waals surface area (Å²) >= 11 is 0. The summed E-state index contributed by atoms with van der Waals surface area (Å²) in [7, 11) is 1.54. The first-order chi connectivity index (χ1) is 5.83. The third-order valence-electron chi connectivity index (χ3n) is 1.73. The first kappa shape index (κ1) is 9.67. The molecule has 4 nitrogen and oxygen atoms in total. The SMILES string of the molecule is COc1ncc(O)c2cc[nH]c12.Cl. The first-order valence-corrected chi connectivity index (χ1v) is 3.52. The van der Waals surface area contributed by atoms with Gasteiger partial charge in [0.2, 0.25) is 5.88 Å². The second kappa shape index (κ2) is 3.53. The van der Waals surface area contributed by atoms with E-state index in [2.05, 4.69) is 9.97 Å². The van der Waals surface area contributed by atoms with Crippen LogP contribution in [0.4, 0.5) is 0 Å². The van der Waals surface area contributed by atoms with Crippen molar-refractivity contribution in [2.45, 2.75) is 0 Å². The molecule has 0 fully saturated rings. The zero-order valence-corrected chi connectivity index (χ0v) is 7.76. The topological polar surface area (TPSA) is 58.1 Å². The number of nitrogens with zero attached hydrogens (tertiary/aromatic N) is 1. The Bertz CT molecular complexity index is 413. The third kappa shape index (κ3) is 1.40. The van der Waals surface area contributed by atoms with Gasteiger partial charge in [-0.25, -0.2) is 4.98 Å². The van der Waals surface area contributed by atoms with Crippen LogP contribution in [0.3, 0.4) is 0 Å². The molecule has 0 spiro atoms. The summed E-state index contributed by atoms with van der Waals surface area (Å²) in [4.78, 5) is 6.83. The fraction of sp³-hybridized carbons (Fsp3) is 0.125. The van der Waals surface area contributed by atoms with E-state index in [0.717, 1.165) is 10.9 Å². The van der Waals surface area contributed by atoms with Gasteiger partial charge in [0.25, 0.3) is 0 Å². The van der Waals surface area contributed by atoms with Crippen molar-refractivity contribution in [3.8, 4) is 11.6 Å². The molecule has 0 aliphatic carbocycles. The molecule has 0 unspecified atom stereocenters. The molecule has 2 aromatic heterocycles. The Morgan fingerprint density at radius 1 is 1.54 bits per heavy atom. The number of hydrogen-bond donors (Lipinski definition) is 2. The lowest BCUT2D eigenvalue weighted by molar-refractivity contribution is 0.400. The molecule has 0 amide bonds. The lowest BCUT2D eigenvalue weighted by atomic mass is 10.3. The standard InChI is InChI=1S/C8H8N2O2.ClH/c1-12-8-7-5(2-3-9-7)6(11)4-10-8;/h2-4,9,11H,1H3;1H. The molecule has 0 atom stereocenters. The molecule has 5 heteroatoms. The zero-order valence-electron chi connectivity index (χ0n) is 6.94. The van der Waals surface area contributed by atoms with E-state index in [0.29, 0.717) is 5.88 Å². The largest absolute Gasteiger partial charge is 0.506 e. The highest BCUT2D eigenvalue weighted by Crippen LogP contribution is 2.28. The highest BCUT2D eigenvalue weighted by molar-refractivity contribution is 5.88. The summed E-state index contributed by atoms with van der Waals surface area (Å²) in [5.74, 6) is 0.653. The van der Waals surface area contributed by atoms with E-state index in [-0.39, 0.29) is 18.2 Å². The van der Waals surface area contributed by atoms with Gasteiger partial charge in [0.05, 0.1) is 13.3 Å². The number of fused-ring (bicyclic) bond motifs is 1. The molecule has 2 heterocycles. The number of halogens is 1. The van der Waals surface area contributed by atoms with Crippen molar-refractivity contribution < 1.29 is 9.84 Å². The lowest BCUT2D eigenvalue weighted by Gasteiger charge is -2.00. The van der Waals surface area contributed by atoms with Crippen LogP contribution in [0.5, 0.6) is 11.6 Å². The van der Waals surface area contributed by atoms with Crippen LogP contribution in [0, 0.1) is 0 Å². The predicted octanol–water partition coefficient (Wildman–Crippen LogP) is 1.70. The fourth-order valence-electron chi connectivity index (χ4n) is 1.17. The molecule has 0 aliphatic heterocycles. The highest BCUT2D eigenvalue weighted by Gasteiger charge is 2.06. The average molecular weight is 201 g/mol. The molecule has 2 aromatic rings. The lowest BCUT2D eigenvalue weighted by Crippen LogP contribution is -1.87. The van der Waals surface area contributed by atoms with E-state index in [1.54, 1.807) is 19.4 Å². The summed E-state index contributed by atoms with van der Waals surface area (Å²) in [6, 6.07) is 1.77. The molecular weight excluding hydrogens is 192 g/mol. The maximum Gasteiger partial charge on any atom is 0.238 e. The van der Waals surface area contributed by atoms with Crippen molar-refractivity contribution in [2.75, 3.05) is 7.11 Å². The summed E-state index contributed by atoms with van der Waals surface area (Å²) in [5.41, 5.74) is 0.720. The fourth-order valence-corrected chi connectivity index (χ4v) is 1.17. The van der Waals surface area contributed by atoms with E-state index >= 15 is 0 Å².